The summed E-state index contributed by atoms with van der Waals surface area (Å²) in [5, 5.41) is 5.61. The standard InChI is InChI=1S/C16H18F6N2O.ClH/c1-14(2-4-23-5-3-14)9-24-13(25)10-6-11(15(17,18)19)8-12(7-10)16(20,21)22;/h6-8,23H,2-5,9H2,1H3,(H,24,25);1H. The molecule has 3 nitrogen and oxygen atoms in total. The summed E-state index contributed by atoms with van der Waals surface area (Å²) in [5.74, 6) is -0.948. The fraction of sp³-hybridized carbons (Fsp3) is 0.562. The second-order valence-electron chi connectivity index (χ2n) is 6.54. The molecule has 1 aromatic rings. The third kappa shape index (κ3) is 5.77. The molecule has 0 unspecified atom stereocenters. The zero-order valence-corrected chi connectivity index (χ0v) is 14.7. The van der Waals surface area contributed by atoms with Crippen molar-refractivity contribution in [3.8, 4) is 0 Å². The van der Waals surface area contributed by atoms with Gasteiger partial charge in [-0.1, -0.05) is 6.92 Å². The van der Waals surface area contributed by atoms with Gasteiger partial charge in [0.25, 0.3) is 5.91 Å². The molecule has 1 aliphatic heterocycles. The highest BCUT2D eigenvalue weighted by Crippen LogP contribution is 2.36. The molecule has 10 heteroatoms. The zero-order chi connectivity index (χ0) is 18.9. The Morgan fingerprint density at radius 1 is 1.04 bits per heavy atom. The molecule has 0 spiro atoms. The minimum absolute atomic E-state index is 0. The molecule has 0 bridgehead atoms. The van der Waals surface area contributed by atoms with E-state index in [2.05, 4.69) is 10.6 Å². The second-order valence-corrected chi connectivity index (χ2v) is 6.54. The van der Waals surface area contributed by atoms with Crippen molar-refractivity contribution in [1.29, 1.82) is 0 Å². The first-order valence-corrected chi connectivity index (χ1v) is 7.69. The van der Waals surface area contributed by atoms with E-state index in [1.54, 1.807) is 0 Å². The SMILES string of the molecule is CC1(CNC(=O)c2cc(C(F)(F)F)cc(C(F)(F)F)c2)CCNCC1.Cl. The second kappa shape index (κ2) is 8.04. The number of benzene rings is 1. The molecule has 0 atom stereocenters. The van der Waals surface area contributed by atoms with E-state index in [4.69, 9.17) is 0 Å². The van der Waals surface area contributed by atoms with Gasteiger partial charge in [0, 0.05) is 12.1 Å². The van der Waals surface area contributed by atoms with E-state index in [0.29, 0.717) is 12.1 Å². The van der Waals surface area contributed by atoms with E-state index < -0.39 is 35.0 Å². The molecular weight excluding hydrogens is 386 g/mol. The van der Waals surface area contributed by atoms with Crippen LogP contribution in [0.1, 0.15) is 41.3 Å². The normalized spacial score (nSPS) is 17.3. The highest BCUT2D eigenvalue weighted by Gasteiger charge is 2.37. The third-order valence-electron chi connectivity index (χ3n) is 4.34. The molecule has 1 aliphatic rings. The van der Waals surface area contributed by atoms with Crippen LogP contribution in [-0.4, -0.2) is 25.5 Å². The van der Waals surface area contributed by atoms with E-state index in [0.717, 1.165) is 25.9 Å². The summed E-state index contributed by atoms with van der Waals surface area (Å²) < 4.78 is 77.0. The van der Waals surface area contributed by atoms with Crippen molar-refractivity contribution in [2.45, 2.75) is 32.1 Å². The fourth-order valence-corrected chi connectivity index (χ4v) is 2.69. The van der Waals surface area contributed by atoms with E-state index in [-0.39, 0.29) is 30.4 Å². The number of rotatable bonds is 3. The van der Waals surface area contributed by atoms with Crippen LogP contribution in [0.3, 0.4) is 0 Å². The summed E-state index contributed by atoms with van der Waals surface area (Å²) in [6.07, 6.45) is -8.44. The molecule has 1 amide bonds. The Balaban J connectivity index is 0.00000338. The number of piperidine rings is 1. The van der Waals surface area contributed by atoms with Gasteiger partial charge in [-0.25, -0.2) is 0 Å². The summed E-state index contributed by atoms with van der Waals surface area (Å²) in [5.41, 5.74) is -3.89. The van der Waals surface area contributed by atoms with Crippen LogP contribution in [0, 0.1) is 5.41 Å². The van der Waals surface area contributed by atoms with E-state index in [1.807, 2.05) is 6.92 Å². The minimum Gasteiger partial charge on any atom is -0.351 e. The van der Waals surface area contributed by atoms with E-state index in [9.17, 15) is 31.1 Å². The molecule has 1 saturated heterocycles. The molecule has 148 valence electrons. The Morgan fingerprint density at radius 3 is 1.92 bits per heavy atom. The monoisotopic (exact) mass is 404 g/mol. The molecule has 2 rings (SSSR count). The summed E-state index contributed by atoms with van der Waals surface area (Å²) in [6, 6.07) is 0.884. The van der Waals surface area contributed by atoms with Gasteiger partial charge in [-0.15, -0.1) is 12.4 Å². The maximum Gasteiger partial charge on any atom is 0.416 e. The predicted octanol–water partition coefficient (Wildman–Crippen LogP) is 4.27. The smallest absolute Gasteiger partial charge is 0.351 e. The maximum atomic E-state index is 12.8. The first-order chi connectivity index (χ1) is 11.4. The van der Waals surface area contributed by atoms with Crippen LogP contribution in [0.2, 0.25) is 0 Å². The Hall–Kier alpha value is -1.48. The summed E-state index contributed by atoms with van der Waals surface area (Å²) in [6.45, 7) is 3.59. The number of hydrogen-bond donors (Lipinski definition) is 2. The summed E-state index contributed by atoms with van der Waals surface area (Å²) in [7, 11) is 0. The van der Waals surface area contributed by atoms with Gasteiger partial charge < -0.3 is 10.6 Å². The van der Waals surface area contributed by atoms with Crippen LogP contribution in [0.25, 0.3) is 0 Å². The number of nitrogens with one attached hydrogen (secondary N) is 2. The average molecular weight is 405 g/mol. The molecule has 1 heterocycles. The van der Waals surface area contributed by atoms with Crippen LogP contribution in [0.4, 0.5) is 26.3 Å². The largest absolute Gasteiger partial charge is 0.416 e. The van der Waals surface area contributed by atoms with E-state index in [1.165, 1.54) is 0 Å². The number of carbonyl (C=O) groups is 1. The lowest BCUT2D eigenvalue weighted by Gasteiger charge is -2.34. The molecule has 0 radical (unpaired) electrons. The number of carbonyl (C=O) groups excluding carboxylic acids is 1. The van der Waals surface area contributed by atoms with Crippen molar-refractivity contribution < 1.29 is 31.1 Å². The van der Waals surface area contributed by atoms with Crippen LogP contribution in [0.15, 0.2) is 18.2 Å². The van der Waals surface area contributed by atoms with Crippen molar-refractivity contribution in [2.24, 2.45) is 5.41 Å². The van der Waals surface area contributed by atoms with Gasteiger partial charge in [0.1, 0.15) is 0 Å². The maximum absolute atomic E-state index is 12.8. The quantitative estimate of drug-likeness (QED) is 0.739. The number of hydrogen-bond acceptors (Lipinski definition) is 2. The molecule has 1 aromatic carbocycles. The molecular formula is C16H19ClF6N2O. The number of amides is 1. The first kappa shape index (κ1) is 22.6. The van der Waals surface area contributed by atoms with Crippen LogP contribution >= 0.6 is 12.4 Å². The molecule has 2 N–H and O–H groups in total. The van der Waals surface area contributed by atoms with E-state index >= 15 is 0 Å². The van der Waals surface area contributed by atoms with Gasteiger partial charge in [-0.05, 0) is 49.5 Å². The summed E-state index contributed by atoms with van der Waals surface area (Å²) in [4.78, 5) is 12.1. The van der Waals surface area contributed by atoms with Crippen molar-refractivity contribution in [1.82, 2.24) is 10.6 Å². The lowest BCUT2D eigenvalue weighted by molar-refractivity contribution is -0.143. The third-order valence-corrected chi connectivity index (χ3v) is 4.34. The predicted molar refractivity (Wildman–Crippen MR) is 86.2 cm³/mol. The van der Waals surface area contributed by atoms with Crippen LogP contribution in [-0.2, 0) is 12.4 Å². The Labute approximate surface area is 152 Å². The first-order valence-electron chi connectivity index (χ1n) is 7.69. The highest BCUT2D eigenvalue weighted by molar-refractivity contribution is 5.94. The van der Waals surface area contributed by atoms with Crippen LogP contribution < -0.4 is 10.6 Å². The Morgan fingerprint density at radius 2 is 1.50 bits per heavy atom. The molecule has 0 saturated carbocycles. The van der Waals surface area contributed by atoms with Crippen molar-refractivity contribution in [2.75, 3.05) is 19.6 Å². The molecule has 26 heavy (non-hydrogen) atoms. The zero-order valence-electron chi connectivity index (χ0n) is 13.9. The molecule has 0 aliphatic carbocycles. The lowest BCUT2D eigenvalue weighted by atomic mass is 9.81. The fourth-order valence-electron chi connectivity index (χ4n) is 2.69. The van der Waals surface area contributed by atoms with Gasteiger partial charge >= 0.3 is 12.4 Å². The average Bonchev–Trinajstić information content (AvgIpc) is 2.51. The number of halogens is 7. The topological polar surface area (TPSA) is 41.1 Å². The molecule has 1 fully saturated rings. The van der Waals surface area contributed by atoms with Crippen LogP contribution in [0.5, 0.6) is 0 Å². The van der Waals surface area contributed by atoms with Crippen molar-refractivity contribution >= 4 is 18.3 Å². The molecule has 0 aromatic heterocycles. The van der Waals surface area contributed by atoms with Gasteiger partial charge in [0.05, 0.1) is 11.1 Å². The number of alkyl halides is 6. The van der Waals surface area contributed by atoms with Gasteiger partial charge in [-0.3, -0.25) is 4.79 Å². The van der Waals surface area contributed by atoms with Gasteiger partial charge in [-0.2, -0.15) is 26.3 Å². The Kier molecular flexibility index (Phi) is 6.98. The summed E-state index contributed by atoms with van der Waals surface area (Å²) >= 11 is 0. The minimum atomic E-state index is -4.97. The highest BCUT2D eigenvalue weighted by atomic mass is 35.5. The Bertz CT molecular complexity index is 606. The van der Waals surface area contributed by atoms with Gasteiger partial charge in [0.2, 0.25) is 0 Å². The lowest BCUT2D eigenvalue weighted by Crippen LogP contribution is -2.43. The van der Waals surface area contributed by atoms with Crippen molar-refractivity contribution in [3.05, 3.63) is 34.9 Å². The van der Waals surface area contributed by atoms with Gasteiger partial charge in [0.15, 0.2) is 0 Å². The van der Waals surface area contributed by atoms with Crippen molar-refractivity contribution in [3.63, 3.8) is 0 Å².